The van der Waals surface area contributed by atoms with Gasteiger partial charge in [0, 0.05) is 12.1 Å². The zero-order chi connectivity index (χ0) is 23.4. The molecule has 0 aliphatic carbocycles. The van der Waals surface area contributed by atoms with Crippen LogP contribution in [0.3, 0.4) is 0 Å². The second-order valence-electron chi connectivity index (χ2n) is 7.64. The van der Waals surface area contributed by atoms with Gasteiger partial charge in [-0.25, -0.2) is 4.79 Å². The van der Waals surface area contributed by atoms with Crippen molar-refractivity contribution in [2.75, 3.05) is 12.8 Å². The first-order valence-electron chi connectivity index (χ1n) is 8.88. The van der Waals surface area contributed by atoms with E-state index in [0.29, 0.717) is 6.07 Å². The van der Waals surface area contributed by atoms with Crippen molar-refractivity contribution in [2.45, 2.75) is 25.8 Å². The summed E-state index contributed by atoms with van der Waals surface area (Å²) in [4.78, 5) is 22.4. The largest absolute Gasteiger partial charge is 0.475 e. The number of carbonyl (C=O) groups is 1. The normalized spacial score (nSPS) is 11.7. The quantitative estimate of drug-likeness (QED) is 0.205. The molecular weight excluding hydrogens is 459 g/mol. The molecule has 0 aliphatic rings. The van der Waals surface area contributed by atoms with E-state index in [0.717, 1.165) is 24.3 Å². The third-order valence-electron chi connectivity index (χ3n) is 3.63. The van der Waals surface area contributed by atoms with E-state index in [2.05, 4.69) is 0 Å². The van der Waals surface area contributed by atoms with Gasteiger partial charge in [-0.2, -0.15) is 13.2 Å². The Bertz CT molecular complexity index is 978. The molecule has 0 fully saturated rings. The molecule has 0 saturated carbocycles. The maximum Gasteiger partial charge on any atom is 0.416 e. The molecule has 0 unspecified atom stereocenters. The smallest absolute Gasteiger partial charge is 0.416 e. The minimum absolute atomic E-state index is 0.0118. The number of benzene rings is 2. The molecule has 0 heterocycles. The van der Waals surface area contributed by atoms with Gasteiger partial charge in [0.2, 0.25) is 5.75 Å². The van der Waals surface area contributed by atoms with Gasteiger partial charge in [0.05, 0.1) is 29.8 Å². The van der Waals surface area contributed by atoms with Crippen molar-refractivity contribution in [1.29, 1.82) is 0 Å². The molecule has 0 aromatic heterocycles. The van der Waals surface area contributed by atoms with Gasteiger partial charge in [-0.1, -0.05) is 31.2 Å². The lowest BCUT2D eigenvalue weighted by Crippen LogP contribution is -2.31. The number of esters is 1. The molecule has 0 N–H and O–H groups in total. The Labute approximate surface area is 181 Å². The SMILES string of the molecule is C[Si](C)(C)COC(=O)COc1cc(Oc2ccc(C(F)(F)F)cc2Cl)ccc1[N+](=O)[O-]. The average Bonchev–Trinajstić information content (AvgIpc) is 2.64. The molecule has 2 rings (SSSR count). The Morgan fingerprint density at radius 2 is 1.81 bits per heavy atom. The van der Waals surface area contributed by atoms with Crippen LogP contribution >= 0.6 is 11.6 Å². The van der Waals surface area contributed by atoms with Gasteiger partial charge in [0.1, 0.15) is 11.5 Å². The van der Waals surface area contributed by atoms with E-state index in [1.165, 1.54) is 6.07 Å². The number of halogens is 4. The van der Waals surface area contributed by atoms with Crippen LogP contribution in [-0.4, -0.2) is 31.8 Å². The minimum atomic E-state index is -4.57. The summed E-state index contributed by atoms with van der Waals surface area (Å²) in [6, 6.07) is 5.96. The number of rotatable bonds is 8. The summed E-state index contributed by atoms with van der Waals surface area (Å²) in [5, 5.41) is 10.9. The minimum Gasteiger partial charge on any atom is -0.475 e. The van der Waals surface area contributed by atoms with Gasteiger partial charge < -0.3 is 14.2 Å². The number of ether oxygens (including phenoxy) is 3. The third-order valence-corrected chi connectivity index (χ3v) is 4.93. The van der Waals surface area contributed by atoms with Gasteiger partial charge in [-0.05, 0) is 24.3 Å². The van der Waals surface area contributed by atoms with Crippen LogP contribution in [-0.2, 0) is 15.7 Å². The monoisotopic (exact) mass is 477 g/mol. The Kier molecular flexibility index (Phi) is 7.55. The van der Waals surface area contributed by atoms with Gasteiger partial charge in [0.15, 0.2) is 6.61 Å². The summed E-state index contributed by atoms with van der Waals surface area (Å²) in [6.45, 7) is 5.44. The molecule has 12 heteroatoms. The lowest BCUT2D eigenvalue weighted by atomic mass is 10.2. The van der Waals surface area contributed by atoms with Gasteiger partial charge in [-0.15, -0.1) is 0 Å². The molecule has 7 nitrogen and oxygen atoms in total. The molecule has 0 saturated heterocycles. The van der Waals surface area contributed by atoms with Crippen LogP contribution in [0.25, 0.3) is 0 Å². The van der Waals surface area contributed by atoms with Crippen molar-refractivity contribution < 1.29 is 37.1 Å². The second-order valence-corrected chi connectivity index (χ2v) is 13.5. The van der Waals surface area contributed by atoms with Crippen LogP contribution in [0.1, 0.15) is 5.56 Å². The van der Waals surface area contributed by atoms with Crippen LogP contribution in [0.2, 0.25) is 24.7 Å². The summed E-state index contributed by atoms with van der Waals surface area (Å²) in [7, 11) is -1.64. The highest BCUT2D eigenvalue weighted by Crippen LogP contribution is 2.38. The first-order valence-corrected chi connectivity index (χ1v) is 13.0. The van der Waals surface area contributed by atoms with Gasteiger partial charge >= 0.3 is 17.8 Å². The van der Waals surface area contributed by atoms with Crippen molar-refractivity contribution >= 4 is 31.3 Å². The Morgan fingerprint density at radius 3 is 2.35 bits per heavy atom. The zero-order valence-corrected chi connectivity index (χ0v) is 18.5. The summed E-state index contributed by atoms with van der Waals surface area (Å²) in [5.74, 6) is -1.04. The van der Waals surface area contributed by atoms with Crippen molar-refractivity contribution in [2.24, 2.45) is 0 Å². The van der Waals surface area contributed by atoms with Crippen molar-refractivity contribution in [3.05, 3.63) is 57.1 Å². The number of alkyl halides is 3. The molecule has 31 heavy (non-hydrogen) atoms. The fourth-order valence-corrected chi connectivity index (χ4v) is 3.00. The van der Waals surface area contributed by atoms with E-state index >= 15 is 0 Å². The lowest BCUT2D eigenvalue weighted by molar-refractivity contribution is -0.385. The van der Waals surface area contributed by atoms with Crippen LogP contribution in [0.4, 0.5) is 18.9 Å². The lowest BCUT2D eigenvalue weighted by Gasteiger charge is -2.16. The van der Waals surface area contributed by atoms with E-state index in [9.17, 15) is 28.1 Å². The Hall–Kier alpha value is -2.79. The molecule has 2 aromatic rings. The molecule has 0 amide bonds. The fourth-order valence-electron chi connectivity index (χ4n) is 2.19. The molecule has 0 bridgehead atoms. The van der Waals surface area contributed by atoms with E-state index < -0.39 is 43.0 Å². The zero-order valence-electron chi connectivity index (χ0n) is 16.8. The highest BCUT2D eigenvalue weighted by molar-refractivity contribution is 6.76. The van der Waals surface area contributed by atoms with Crippen LogP contribution < -0.4 is 9.47 Å². The predicted octanol–water partition coefficient (Wildman–Crippen LogP) is 5.86. The molecule has 168 valence electrons. The van der Waals surface area contributed by atoms with Crippen molar-refractivity contribution in [3.63, 3.8) is 0 Å². The Morgan fingerprint density at radius 1 is 1.13 bits per heavy atom. The number of nitro groups is 1. The molecule has 0 aliphatic heterocycles. The maximum atomic E-state index is 12.8. The molecule has 0 spiro atoms. The summed E-state index contributed by atoms with van der Waals surface area (Å²) >= 11 is 5.86. The first-order chi connectivity index (χ1) is 14.3. The number of nitro benzene ring substituents is 1. The highest BCUT2D eigenvalue weighted by Gasteiger charge is 2.31. The molecule has 0 atom stereocenters. The fraction of sp³-hybridized carbons (Fsp3) is 0.316. The Balaban J connectivity index is 2.18. The second kappa shape index (κ2) is 9.56. The maximum absolute atomic E-state index is 12.8. The van der Waals surface area contributed by atoms with Crippen molar-refractivity contribution in [3.8, 4) is 17.2 Å². The van der Waals surface area contributed by atoms with E-state index in [1.54, 1.807) is 0 Å². The topological polar surface area (TPSA) is 87.9 Å². The van der Waals surface area contributed by atoms with Gasteiger partial charge in [0.25, 0.3) is 0 Å². The standard InChI is InChI=1S/C19H19ClF3NO6Si/c1-31(2,3)11-29-18(25)10-28-17-9-13(5-6-15(17)24(26)27)30-16-7-4-12(8-14(16)20)19(21,22)23/h4-9H,10-11H2,1-3H3. The molecule has 0 radical (unpaired) electrons. The number of nitrogens with zero attached hydrogens (tertiary/aromatic N) is 1. The van der Waals surface area contributed by atoms with Crippen LogP contribution in [0.5, 0.6) is 17.2 Å². The average molecular weight is 478 g/mol. The highest BCUT2D eigenvalue weighted by atomic mass is 35.5. The first kappa shape index (κ1) is 24.5. The van der Waals surface area contributed by atoms with Crippen LogP contribution in [0.15, 0.2) is 36.4 Å². The van der Waals surface area contributed by atoms with E-state index in [-0.39, 0.29) is 28.5 Å². The predicted molar refractivity (Wildman–Crippen MR) is 109 cm³/mol. The van der Waals surface area contributed by atoms with Crippen molar-refractivity contribution in [1.82, 2.24) is 0 Å². The summed E-state index contributed by atoms with van der Waals surface area (Å²) < 4.78 is 54.0. The summed E-state index contributed by atoms with van der Waals surface area (Å²) in [5.41, 5.74) is -1.38. The number of carbonyl (C=O) groups excluding carboxylic acids is 1. The molecule has 2 aromatic carbocycles. The van der Waals surface area contributed by atoms with E-state index in [1.807, 2.05) is 19.6 Å². The van der Waals surface area contributed by atoms with E-state index in [4.69, 9.17) is 25.8 Å². The molecular formula is C19H19ClF3NO6Si. The van der Waals surface area contributed by atoms with Gasteiger partial charge in [-0.3, -0.25) is 10.1 Å². The number of hydrogen-bond donors (Lipinski definition) is 0. The van der Waals surface area contributed by atoms with Crippen LogP contribution in [0, 0.1) is 10.1 Å². The number of hydrogen-bond acceptors (Lipinski definition) is 6. The third kappa shape index (κ3) is 7.44. The summed E-state index contributed by atoms with van der Waals surface area (Å²) in [6.07, 6.45) is -4.30.